The smallest absolute Gasteiger partial charge is 0.472 e. The molecule has 0 aliphatic rings. The molecule has 180 valence electrons. The zero-order valence-corrected chi connectivity index (χ0v) is 25.0. The number of hydrogen-bond acceptors (Lipinski definition) is 8. The average molecular weight is 810 g/mol. The highest BCUT2D eigenvalue weighted by molar-refractivity contribution is 14.1. The van der Waals surface area contributed by atoms with Gasteiger partial charge in [-0.15, -0.1) is 0 Å². The summed E-state index contributed by atoms with van der Waals surface area (Å²) in [5.74, 6) is -1.35. The number of phosphoric acid groups is 1. The number of rotatable bonds is 13. The van der Waals surface area contributed by atoms with E-state index in [2.05, 4.69) is 67.8 Å². The quantitative estimate of drug-likeness (QED) is 0.139. The maximum Gasteiger partial charge on any atom is 0.472 e. The van der Waals surface area contributed by atoms with Crippen LogP contribution in [0.1, 0.15) is 0 Å². The summed E-state index contributed by atoms with van der Waals surface area (Å²) < 4.78 is 40.2. The van der Waals surface area contributed by atoms with Crippen molar-refractivity contribution in [3.63, 3.8) is 0 Å². The fourth-order valence-electron chi connectivity index (χ4n) is 1.95. The monoisotopic (exact) mass is 810 g/mol. The molecule has 0 aromatic heterocycles. The zero-order chi connectivity index (χ0) is 24.5. The number of quaternary nitrogens is 1. The molecule has 1 aromatic carbocycles. The van der Waals surface area contributed by atoms with Crippen LogP contribution < -0.4 is 4.74 Å². The fourth-order valence-corrected chi connectivity index (χ4v) is 6.59. The van der Waals surface area contributed by atoms with E-state index in [9.17, 15) is 19.0 Å². The van der Waals surface area contributed by atoms with E-state index < -0.39 is 39.1 Å². The number of ether oxygens (including phenoxy) is 3. The third-order valence-corrected chi connectivity index (χ3v) is 6.66. The molecule has 32 heavy (non-hydrogen) atoms. The molecule has 0 aliphatic heterocycles. The minimum atomic E-state index is -4.40. The number of benzene rings is 1. The van der Waals surface area contributed by atoms with Crippen LogP contribution in [0.2, 0.25) is 0 Å². The summed E-state index contributed by atoms with van der Waals surface area (Å²) in [6, 6.07) is 3.79. The van der Waals surface area contributed by atoms with E-state index in [0.29, 0.717) is 16.8 Å². The Hall–Kier alpha value is 0.220. The summed E-state index contributed by atoms with van der Waals surface area (Å²) in [6.07, 6.45) is -1.21. The zero-order valence-electron chi connectivity index (χ0n) is 17.6. The van der Waals surface area contributed by atoms with Crippen LogP contribution in [0, 0.1) is 17.6 Å². The van der Waals surface area contributed by atoms with Crippen molar-refractivity contribution in [3.05, 3.63) is 29.8 Å². The fraction of sp³-hybridized carbons (Fsp3) is 0.500. The molecule has 1 N–H and O–H groups in total. The Balaban J connectivity index is 2.54. The molecule has 0 saturated heterocycles. The second-order valence-corrected chi connectivity index (χ2v) is 12.4. The van der Waals surface area contributed by atoms with Gasteiger partial charge in [0.1, 0.15) is 25.5 Å². The van der Waals surface area contributed by atoms with Crippen molar-refractivity contribution < 1.29 is 46.8 Å². The van der Waals surface area contributed by atoms with Gasteiger partial charge in [-0.3, -0.25) is 13.8 Å². The predicted octanol–water partition coefficient (Wildman–Crippen LogP) is 2.89. The van der Waals surface area contributed by atoms with Crippen LogP contribution in [-0.2, 0) is 32.7 Å². The van der Waals surface area contributed by atoms with Gasteiger partial charge in [-0.05, 0) is 79.9 Å². The Kier molecular flexibility index (Phi) is 13.2. The summed E-state index contributed by atoms with van der Waals surface area (Å²) in [5.41, 5.74) is 0. The molecule has 0 bridgehead atoms. The number of halogens is 3. The van der Waals surface area contributed by atoms with Crippen LogP contribution in [-0.4, -0.2) is 81.5 Å². The van der Waals surface area contributed by atoms with Crippen molar-refractivity contribution in [3.8, 4) is 5.75 Å². The van der Waals surface area contributed by atoms with Crippen LogP contribution in [0.4, 0.5) is 0 Å². The Morgan fingerprint density at radius 2 is 1.72 bits per heavy atom. The molecule has 2 atom stereocenters. The van der Waals surface area contributed by atoms with Crippen LogP contribution in [0.15, 0.2) is 12.1 Å². The van der Waals surface area contributed by atoms with Gasteiger partial charge < -0.3 is 23.6 Å². The molecule has 0 spiro atoms. The van der Waals surface area contributed by atoms with Crippen molar-refractivity contribution in [1.82, 2.24) is 0 Å². The lowest BCUT2D eigenvalue weighted by molar-refractivity contribution is -0.870. The third-order valence-electron chi connectivity index (χ3n) is 3.45. The number of carbonyl (C=O) groups is 2. The maximum absolute atomic E-state index is 12.0. The number of likely N-dealkylation sites (N-methyl/N-ethyl adjacent to an activating group) is 1. The van der Waals surface area contributed by atoms with E-state index in [1.54, 1.807) is 0 Å². The first-order valence-electron chi connectivity index (χ1n) is 9.00. The maximum atomic E-state index is 12.0. The summed E-state index contributed by atoms with van der Waals surface area (Å²) in [4.78, 5) is 32.9. The lowest BCUT2D eigenvalue weighted by Gasteiger charge is -2.24. The van der Waals surface area contributed by atoms with Gasteiger partial charge >= 0.3 is 19.8 Å². The largest absolute Gasteiger partial charge is 0.480 e. The van der Waals surface area contributed by atoms with Gasteiger partial charge in [-0.25, -0.2) is 9.36 Å². The van der Waals surface area contributed by atoms with Crippen LogP contribution in [0.25, 0.3) is 0 Å². The second-order valence-electron chi connectivity index (χ2n) is 7.34. The lowest BCUT2D eigenvalue weighted by Crippen LogP contribution is -2.37. The molecule has 10 nitrogen and oxygen atoms in total. The SMILES string of the molecule is [CH]C(=O)O[C@H](COC(=O)COc1c(I)cc(I)cc1I)COP(=O)(O)OCC[N+](C)(C)C. The second kappa shape index (κ2) is 13.9. The third kappa shape index (κ3) is 13.2. The molecular weight excluding hydrogens is 786 g/mol. The van der Waals surface area contributed by atoms with Crippen molar-refractivity contribution in [2.24, 2.45) is 0 Å². The number of esters is 2. The first-order chi connectivity index (χ1) is 14.7. The summed E-state index contributed by atoms with van der Waals surface area (Å²) in [7, 11) is 1.27. The Labute approximate surface area is 228 Å². The van der Waals surface area contributed by atoms with Gasteiger partial charge in [0.25, 0.3) is 0 Å². The number of carbonyl (C=O) groups excluding carboxylic acids is 2. The van der Waals surface area contributed by atoms with E-state index in [-0.39, 0.29) is 13.2 Å². The standard InChI is InChI=1S/C18H23I3NO9P/c1-12(23)31-14(10-30-32(25,26)29-6-5-22(2,3)4)9-27-17(24)11-28-18-15(20)7-13(19)8-16(18)21/h1,7-8,14H,5-6,9-11H2,2-4H3/p+1/t14-/m1/s1. The van der Waals surface area contributed by atoms with Crippen LogP contribution >= 0.6 is 75.6 Å². The van der Waals surface area contributed by atoms with Gasteiger partial charge in [0, 0.05) is 3.57 Å². The molecule has 1 unspecified atom stereocenters. The van der Waals surface area contributed by atoms with Crippen LogP contribution in [0.5, 0.6) is 5.75 Å². The normalized spacial score (nSPS) is 14.4. The molecule has 0 amide bonds. The van der Waals surface area contributed by atoms with Gasteiger partial charge in [0.15, 0.2) is 12.7 Å². The summed E-state index contributed by atoms with van der Waals surface area (Å²) in [6.45, 7) is 4.03. The van der Waals surface area contributed by atoms with Gasteiger partial charge in [-0.2, -0.15) is 0 Å². The average Bonchev–Trinajstić information content (AvgIpc) is 2.61. The Morgan fingerprint density at radius 1 is 1.12 bits per heavy atom. The molecule has 14 heteroatoms. The van der Waals surface area contributed by atoms with Crippen molar-refractivity contribution in [2.45, 2.75) is 6.10 Å². The van der Waals surface area contributed by atoms with E-state index in [0.717, 1.165) is 10.7 Å². The van der Waals surface area contributed by atoms with Gasteiger partial charge in [-0.1, -0.05) is 0 Å². The highest BCUT2D eigenvalue weighted by Gasteiger charge is 2.26. The Bertz CT molecular complexity index is 824. The molecule has 0 heterocycles. The summed E-state index contributed by atoms with van der Waals surface area (Å²) >= 11 is 6.37. The Morgan fingerprint density at radius 3 is 2.25 bits per heavy atom. The highest BCUT2D eigenvalue weighted by Crippen LogP contribution is 2.43. The highest BCUT2D eigenvalue weighted by atomic mass is 127. The molecule has 0 aliphatic carbocycles. The van der Waals surface area contributed by atoms with E-state index in [1.807, 2.05) is 33.3 Å². The van der Waals surface area contributed by atoms with E-state index in [1.165, 1.54) is 0 Å². The lowest BCUT2D eigenvalue weighted by atomic mass is 10.3. The van der Waals surface area contributed by atoms with Crippen molar-refractivity contribution in [1.29, 1.82) is 0 Å². The van der Waals surface area contributed by atoms with Gasteiger partial charge in [0.05, 0.1) is 41.8 Å². The first-order valence-corrected chi connectivity index (χ1v) is 13.7. The summed E-state index contributed by atoms with van der Waals surface area (Å²) in [5, 5.41) is 0. The van der Waals surface area contributed by atoms with Crippen molar-refractivity contribution >= 4 is 87.5 Å². The minimum absolute atomic E-state index is 0.0267. The molecule has 0 saturated carbocycles. The van der Waals surface area contributed by atoms with Crippen LogP contribution in [0.3, 0.4) is 0 Å². The molecular formula is C18H24I3NO9P+. The molecule has 2 radical (unpaired) electrons. The van der Waals surface area contributed by atoms with Gasteiger partial charge in [0.2, 0.25) is 0 Å². The molecule has 1 aromatic rings. The number of nitrogens with zero attached hydrogens (tertiary/aromatic N) is 1. The van der Waals surface area contributed by atoms with E-state index >= 15 is 0 Å². The molecule has 0 fully saturated rings. The topological polar surface area (TPSA) is 118 Å². The number of phosphoric ester groups is 1. The minimum Gasteiger partial charge on any atom is -0.480 e. The van der Waals surface area contributed by atoms with E-state index in [4.69, 9.17) is 30.2 Å². The number of hydrogen-bond donors (Lipinski definition) is 1. The first kappa shape index (κ1) is 30.3. The predicted molar refractivity (Wildman–Crippen MR) is 140 cm³/mol. The molecule has 1 rings (SSSR count). The van der Waals surface area contributed by atoms with Crippen molar-refractivity contribution in [2.75, 3.05) is 54.1 Å².